The third-order valence-electron chi connectivity index (χ3n) is 5.68. The first-order valence-corrected chi connectivity index (χ1v) is 9.91. The highest BCUT2D eigenvalue weighted by molar-refractivity contribution is 5.54. The van der Waals surface area contributed by atoms with Gasteiger partial charge in [0.15, 0.2) is 0 Å². The lowest BCUT2D eigenvalue weighted by molar-refractivity contribution is 0.299. The van der Waals surface area contributed by atoms with Crippen molar-refractivity contribution in [2.75, 3.05) is 27.2 Å². The second-order valence-electron chi connectivity index (χ2n) is 7.56. The van der Waals surface area contributed by atoms with Crippen LogP contribution in [0.25, 0.3) is 11.4 Å². The van der Waals surface area contributed by atoms with Crippen LogP contribution in [-0.4, -0.2) is 52.8 Å². The van der Waals surface area contributed by atoms with E-state index in [0.29, 0.717) is 11.7 Å². The van der Waals surface area contributed by atoms with E-state index in [2.05, 4.69) is 75.0 Å². The molecular weight excluding hydrogens is 350 g/mol. The van der Waals surface area contributed by atoms with E-state index in [-0.39, 0.29) is 0 Å². The molecule has 0 fully saturated rings. The molecule has 1 aliphatic carbocycles. The summed E-state index contributed by atoms with van der Waals surface area (Å²) in [5.41, 5.74) is 5.19. The molecule has 28 heavy (non-hydrogen) atoms. The number of hydrogen-bond acceptors (Lipinski definition) is 5. The first-order valence-electron chi connectivity index (χ1n) is 9.91. The van der Waals surface area contributed by atoms with Gasteiger partial charge in [0.2, 0.25) is 5.82 Å². The first kappa shape index (κ1) is 18.6. The summed E-state index contributed by atoms with van der Waals surface area (Å²) >= 11 is 0. The van der Waals surface area contributed by atoms with E-state index in [1.807, 2.05) is 0 Å². The van der Waals surface area contributed by atoms with Crippen molar-refractivity contribution < 1.29 is 4.74 Å². The number of likely N-dealkylation sites (N-methyl/N-ethyl adjacent to an activating group) is 1. The molecule has 0 aliphatic heterocycles. The van der Waals surface area contributed by atoms with Crippen molar-refractivity contribution in [3.63, 3.8) is 0 Å². The number of methoxy groups -OCH3 is 1. The molecule has 1 unspecified atom stereocenters. The summed E-state index contributed by atoms with van der Waals surface area (Å²) in [7, 11) is 4.00. The van der Waals surface area contributed by atoms with Crippen molar-refractivity contribution in [2.45, 2.75) is 31.6 Å². The van der Waals surface area contributed by atoms with Crippen molar-refractivity contribution in [2.24, 2.45) is 0 Å². The molecule has 0 saturated carbocycles. The molecule has 1 heterocycles. The number of nitrogens with zero attached hydrogens (tertiary/aromatic N) is 4. The minimum absolute atomic E-state index is 0.587. The molecule has 0 saturated heterocycles. The van der Waals surface area contributed by atoms with Crippen LogP contribution in [-0.2, 0) is 12.8 Å². The van der Waals surface area contributed by atoms with Gasteiger partial charge < -0.3 is 9.64 Å². The SMILES string of the molecule is COc1cccc2c1CCCC2CN(C)CCc1ccc(-c2nn[nH]n2)cc1. The summed E-state index contributed by atoms with van der Waals surface area (Å²) in [5, 5.41) is 14.1. The van der Waals surface area contributed by atoms with Crippen LogP contribution in [0.1, 0.15) is 35.4 Å². The zero-order valence-corrected chi connectivity index (χ0v) is 16.6. The van der Waals surface area contributed by atoms with Crippen LogP contribution in [0.2, 0.25) is 0 Å². The number of H-pyrrole nitrogens is 1. The molecule has 1 aromatic heterocycles. The van der Waals surface area contributed by atoms with Gasteiger partial charge >= 0.3 is 0 Å². The summed E-state index contributed by atoms with van der Waals surface area (Å²) in [6.07, 6.45) is 4.65. The number of benzene rings is 2. The van der Waals surface area contributed by atoms with Gasteiger partial charge in [-0.3, -0.25) is 0 Å². The predicted molar refractivity (Wildman–Crippen MR) is 109 cm³/mol. The van der Waals surface area contributed by atoms with E-state index in [1.54, 1.807) is 7.11 Å². The highest BCUT2D eigenvalue weighted by Gasteiger charge is 2.23. The van der Waals surface area contributed by atoms with Crippen LogP contribution >= 0.6 is 0 Å². The lowest BCUT2D eigenvalue weighted by atomic mass is 9.82. The Morgan fingerprint density at radius 1 is 1.18 bits per heavy atom. The topological polar surface area (TPSA) is 66.9 Å². The second-order valence-corrected chi connectivity index (χ2v) is 7.56. The Hall–Kier alpha value is -2.73. The molecule has 0 bridgehead atoms. The smallest absolute Gasteiger partial charge is 0.204 e. The molecule has 4 rings (SSSR count). The minimum Gasteiger partial charge on any atom is -0.496 e. The van der Waals surface area contributed by atoms with E-state index < -0.39 is 0 Å². The average Bonchev–Trinajstić information content (AvgIpc) is 3.27. The second kappa shape index (κ2) is 8.52. The standard InChI is InChI=1S/C22H27N5O/c1-27(14-13-16-9-11-17(12-10-16)22-23-25-26-24-22)15-18-5-3-7-20-19(18)6-4-8-21(20)28-2/h4,6,8-12,18H,3,5,7,13-15H2,1-2H3,(H,23,24,25,26). The van der Waals surface area contributed by atoms with Gasteiger partial charge in [-0.15, -0.1) is 10.2 Å². The fraction of sp³-hybridized carbons (Fsp3) is 0.409. The van der Waals surface area contributed by atoms with Gasteiger partial charge in [0.1, 0.15) is 5.75 Å². The van der Waals surface area contributed by atoms with Crippen molar-refractivity contribution in [1.82, 2.24) is 25.5 Å². The fourth-order valence-corrected chi connectivity index (χ4v) is 4.19. The largest absolute Gasteiger partial charge is 0.496 e. The fourth-order valence-electron chi connectivity index (χ4n) is 4.19. The van der Waals surface area contributed by atoms with Gasteiger partial charge in [-0.25, -0.2) is 0 Å². The lowest BCUT2D eigenvalue weighted by Gasteiger charge is -2.30. The molecule has 0 radical (unpaired) electrons. The van der Waals surface area contributed by atoms with Crippen LogP contribution in [0.5, 0.6) is 5.75 Å². The number of aromatic amines is 1. The van der Waals surface area contributed by atoms with Gasteiger partial charge in [0.25, 0.3) is 0 Å². The van der Waals surface area contributed by atoms with E-state index in [9.17, 15) is 0 Å². The summed E-state index contributed by atoms with van der Waals surface area (Å²) in [5.74, 6) is 2.27. The third-order valence-corrected chi connectivity index (χ3v) is 5.68. The minimum atomic E-state index is 0.587. The van der Waals surface area contributed by atoms with Crippen LogP contribution in [0.15, 0.2) is 42.5 Å². The van der Waals surface area contributed by atoms with Gasteiger partial charge in [-0.05, 0) is 66.6 Å². The van der Waals surface area contributed by atoms with E-state index in [4.69, 9.17) is 4.74 Å². The number of ether oxygens (including phenoxy) is 1. The van der Waals surface area contributed by atoms with Crippen LogP contribution in [0, 0.1) is 0 Å². The number of fused-ring (bicyclic) bond motifs is 1. The molecule has 1 aliphatic rings. The first-order chi connectivity index (χ1) is 13.7. The number of rotatable bonds is 7. The number of nitrogens with one attached hydrogen (secondary N) is 1. The molecule has 0 amide bonds. The quantitative estimate of drug-likeness (QED) is 0.683. The zero-order valence-electron chi connectivity index (χ0n) is 16.6. The van der Waals surface area contributed by atoms with Gasteiger partial charge in [-0.1, -0.05) is 36.4 Å². The Kier molecular flexibility index (Phi) is 5.67. The Labute approximate surface area is 165 Å². The number of tetrazole rings is 1. The summed E-state index contributed by atoms with van der Waals surface area (Å²) in [6.45, 7) is 2.12. The Morgan fingerprint density at radius 2 is 2.04 bits per heavy atom. The molecule has 1 N–H and O–H groups in total. The van der Waals surface area contributed by atoms with E-state index >= 15 is 0 Å². The molecule has 0 spiro atoms. The highest BCUT2D eigenvalue weighted by Crippen LogP contribution is 2.36. The van der Waals surface area contributed by atoms with Crippen molar-refractivity contribution >= 4 is 0 Å². The van der Waals surface area contributed by atoms with Crippen molar-refractivity contribution in [3.05, 3.63) is 59.2 Å². The molecule has 6 heteroatoms. The summed E-state index contributed by atoms with van der Waals surface area (Å²) < 4.78 is 5.58. The molecule has 6 nitrogen and oxygen atoms in total. The maximum absolute atomic E-state index is 5.58. The average molecular weight is 377 g/mol. The summed E-state index contributed by atoms with van der Waals surface area (Å²) in [4.78, 5) is 2.45. The Balaban J connectivity index is 1.35. The normalized spacial score (nSPS) is 16.2. The molecule has 146 valence electrons. The van der Waals surface area contributed by atoms with E-state index in [1.165, 1.54) is 29.5 Å². The van der Waals surface area contributed by atoms with Gasteiger partial charge in [0, 0.05) is 18.7 Å². The molecule has 2 aromatic carbocycles. The molecule has 3 aromatic rings. The monoisotopic (exact) mass is 377 g/mol. The maximum Gasteiger partial charge on any atom is 0.204 e. The Morgan fingerprint density at radius 3 is 2.79 bits per heavy atom. The van der Waals surface area contributed by atoms with Crippen LogP contribution < -0.4 is 4.74 Å². The Bertz CT molecular complexity index is 892. The summed E-state index contributed by atoms with van der Waals surface area (Å²) in [6, 6.07) is 14.9. The van der Waals surface area contributed by atoms with Crippen LogP contribution in [0.3, 0.4) is 0 Å². The van der Waals surface area contributed by atoms with Crippen LogP contribution in [0.4, 0.5) is 0 Å². The van der Waals surface area contributed by atoms with Gasteiger partial charge in [0.05, 0.1) is 7.11 Å². The lowest BCUT2D eigenvalue weighted by Crippen LogP contribution is -2.28. The zero-order chi connectivity index (χ0) is 19.3. The number of aromatic nitrogens is 4. The van der Waals surface area contributed by atoms with Crippen molar-refractivity contribution in [3.8, 4) is 17.1 Å². The highest BCUT2D eigenvalue weighted by atomic mass is 16.5. The molecular formula is C22H27N5O. The number of hydrogen-bond donors (Lipinski definition) is 1. The molecule has 1 atom stereocenters. The van der Waals surface area contributed by atoms with Gasteiger partial charge in [-0.2, -0.15) is 5.21 Å². The maximum atomic E-state index is 5.58. The third kappa shape index (κ3) is 4.07. The van der Waals surface area contributed by atoms with E-state index in [0.717, 1.165) is 37.2 Å². The predicted octanol–water partition coefficient (Wildman–Crippen LogP) is 3.47. The van der Waals surface area contributed by atoms with Crippen molar-refractivity contribution in [1.29, 1.82) is 0 Å².